The molecule has 0 fully saturated rings. The first-order valence-electron chi connectivity index (χ1n) is 6.38. The normalized spacial score (nSPS) is 15.2. The van der Waals surface area contributed by atoms with Crippen molar-refractivity contribution in [3.63, 3.8) is 0 Å². The molecule has 0 saturated heterocycles. The number of hydrogen-bond acceptors (Lipinski definition) is 0. The summed E-state index contributed by atoms with van der Waals surface area (Å²) in [6, 6.07) is 18.9. The lowest BCUT2D eigenvalue weighted by Crippen LogP contribution is -1.86. The molecule has 0 aliphatic heterocycles. The van der Waals surface area contributed by atoms with E-state index in [4.69, 9.17) is 11.6 Å². The minimum Gasteiger partial charge on any atom is -0.0843 e. The Bertz CT molecular complexity index is 582. The van der Waals surface area contributed by atoms with E-state index in [0.29, 0.717) is 0 Å². The predicted octanol–water partition coefficient (Wildman–Crippen LogP) is 5.43. The van der Waals surface area contributed by atoms with Gasteiger partial charge in [0.2, 0.25) is 0 Å². The third-order valence-electron chi connectivity index (χ3n) is 3.51. The Balaban J connectivity index is 2.09. The van der Waals surface area contributed by atoms with Crippen LogP contribution >= 0.6 is 11.6 Å². The molecule has 0 N–H and O–H groups in total. The van der Waals surface area contributed by atoms with Crippen LogP contribution in [0.2, 0.25) is 5.02 Å². The van der Waals surface area contributed by atoms with E-state index < -0.39 is 0 Å². The molecular weight excluding hydrogens is 240 g/mol. The van der Waals surface area contributed by atoms with Gasteiger partial charge in [0.25, 0.3) is 0 Å². The van der Waals surface area contributed by atoms with Crippen molar-refractivity contribution in [2.24, 2.45) is 0 Å². The molecule has 1 heteroatoms. The van der Waals surface area contributed by atoms with Gasteiger partial charge in [-0.05, 0) is 53.7 Å². The summed E-state index contributed by atoms with van der Waals surface area (Å²) in [5, 5.41) is 0.819. The minimum atomic E-state index is 0.819. The molecular formula is C17H15Cl. The van der Waals surface area contributed by atoms with E-state index in [0.717, 1.165) is 11.4 Å². The average Bonchev–Trinajstić information content (AvgIpc) is 2.89. The van der Waals surface area contributed by atoms with Gasteiger partial charge in [-0.3, -0.25) is 0 Å². The fourth-order valence-electron chi connectivity index (χ4n) is 2.70. The quantitative estimate of drug-likeness (QED) is 0.670. The van der Waals surface area contributed by atoms with Crippen LogP contribution in [-0.4, -0.2) is 0 Å². The first-order valence-corrected chi connectivity index (χ1v) is 6.76. The van der Waals surface area contributed by atoms with Gasteiger partial charge in [0.15, 0.2) is 0 Å². The SMILES string of the molecule is Clc1cccc(C2=C(c3ccccc3)CCC2)c1. The molecule has 90 valence electrons. The summed E-state index contributed by atoms with van der Waals surface area (Å²) in [6.45, 7) is 0. The van der Waals surface area contributed by atoms with E-state index in [-0.39, 0.29) is 0 Å². The molecule has 0 nitrogen and oxygen atoms in total. The number of halogens is 1. The van der Waals surface area contributed by atoms with Crippen LogP contribution in [0.25, 0.3) is 11.1 Å². The van der Waals surface area contributed by atoms with Crippen molar-refractivity contribution in [1.29, 1.82) is 0 Å². The van der Waals surface area contributed by atoms with E-state index in [1.54, 1.807) is 0 Å². The lowest BCUT2D eigenvalue weighted by molar-refractivity contribution is 0.942. The molecule has 0 atom stereocenters. The molecule has 0 aromatic heterocycles. The Labute approximate surface area is 113 Å². The second kappa shape index (κ2) is 4.99. The molecule has 0 unspecified atom stereocenters. The van der Waals surface area contributed by atoms with Crippen LogP contribution in [0.1, 0.15) is 30.4 Å². The van der Waals surface area contributed by atoms with Crippen molar-refractivity contribution in [3.8, 4) is 0 Å². The maximum Gasteiger partial charge on any atom is 0.0412 e. The lowest BCUT2D eigenvalue weighted by Gasteiger charge is -2.08. The summed E-state index contributed by atoms with van der Waals surface area (Å²) in [4.78, 5) is 0. The average molecular weight is 255 g/mol. The van der Waals surface area contributed by atoms with Crippen molar-refractivity contribution in [1.82, 2.24) is 0 Å². The summed E-state index contributed by atoms with van der Waals surface area (Å²) < 4.78 is 0. The van der Waals surface area contributed by atoms with Crippen molar-refractivity contribution >= 4 is 22.7 Å². The Morgan fingerprint density at radius 2 is 1.39 bits per heavy atom. The molecule has 0 spiro atoms. The highest BCUT2D eigenvalue weighted by molar-refractivity contribution is 6.30. The molecule has 0 radical (unpaired) electrons. The summed E-state index contributed by atoms with van der Waals surface area (Å²) in [5.74, 6) is 0. The molecule has 0 amide bonds. The predicted molar refractivity (Wildman–Crippen MR) is 78.6 cm³/mol. The Morgan fingerprint density at radius 3 is 2.11 bits per heavy atom. The van der Waals surface area contributed by atoms with Gasteiger partial charge in [0.05, 0.1) is 0 Å². The van der Waals surface area contributed by atoms with Crippen LogP contribution in [0.3, 0.4) is 0 Å². The van der Waals surface area contributed by atoms with Gasteiger partial charge in [-0.1, -0.05) is 54.1 Å². The van der Waals surface area contributed by atoms with Crippen LogP contribution in [0.15, 0.2) is 54.6 Å². The van der Waals surface area contributed by atoms with Gasteiger partial charge in [0, 0.05) is 5.02 Å². The molecule has 3 rings (SSSR count). The first kappa shape index (κ1) is 11.6. The van der Waals surface area contributed by atoms with Gasteiger partial charge in [0.1, 0.15) is 0 Å². The number of hydrogen-bond donors (Lipinski definition) is 0. The maximum atomic E-state index is 6.09. The van der Waals surface area contributed by atoms with Crippen molar-refractivity contribution in [2.45, 2.75) is 19.3 Å². The smallest absolute Gasteiger partial charge is 0.0412 e. The monoisotopic (exact) mass is 254 g/mol. The highest BCUT2D eigenvalue weighted by Crippen LogP contribution is 2.39. The van der Waals surface area contributed by atoms with E-state index in [1.807, 2.05) is 12.1 Å². The minimum absolute atomic E-state index is 0.819. The highest BCUT2D eigenvalue weighted by Gasteiger charge is 2.17. The fourth-order valence-corrected chi connectivity index (χ4v) is 2.89. The Kier molecular flexibility index (Phi) is 3.21. The van der Waals surface area contributed by atoms with Crippen LogP contribution in [0.4, 0.5) is 0 Å². The standard InChI is InChI=1S/C17H15Cl/c18-15-9-4-8-14(12-15)17-11-5-10-16(17)13-6-2-1-3-7-13/h1-4,6-9,12H,5,10-11H2. The zero-order valence-corrected chi connectivity index (χ0v) is 11.0. The van der Waals surface area contributed by atoms with Gasteiger partial charge < -0.3 is 0 Å². The fraction of sp³-hybridized carbons (Fsp3) is 0.176. The topological polar surface area (TPSA) is 0 Å². The third-order valence-corrected chi connectivity index (χ3v) is 3.75. The van der Waals surface area contributed by atoms with Gasteiger partial charge >= 0.3 is 0 Å². The van der Waals surface area contributed by atoms with E-state index in [2.05, 4.69) is 42.5 Å². The molecule has 2 aromatic rings. The maximum absolute atomic E-state index is 6.09. The van der Waals surface area contributed by atoms with E-state index >= 15 is 0 Å². The Hall–Kier alpha value is -1.53. The first-order chi connectivity index (χ1) is 8.84. The second-order valence-electron chi connectivity index (χ2n) is 4.69. The summed E-state index contributed by atoms with van der Waals surface area (Å²) in [5.41, 5.74) is 5.57. The molecule has 2 aromatic carbocycles. The zero-order valence-electron chi connectivity index (χ0n) is 10.2. The van der Waals surface area contributed by atoms with Crippen LogP contribution in [-0.2, 0) is 0 Å². The molecule has 18 heavy (non-hydrogen) atoms. The zero-order chi connectivity index (χ0) is 12.4. The van der Waals surface area contributed by atoms with Gasteiger partial charge in [-0.25, -0.2) is 0 Å². The third kappa shape index (κ3) is 2.21. The van der Waals surface area contributed by atoms with Crippen LogP contribution in [0, 0.1) is 0 Å². The molecule has 0 heterocycles. The van der Waals surface area contributed by atoms with Crippen molar-refractivity contribution in [2.75, 3.05) is 0 Å². The summed E-state index contributed by atoms with van der Waals surface area (Å²) >= 11 is 6.09. The van der Waals surface area contributed by atoms with Gasteiger partial charge in [-0.2, -0.15) is 0 Å². The van der Waals surface area contributed by atoms with Gasteiger partial charge in [-0.15, -0.1) is 0 Å². The molecule has 1 aliphatic rings. The second-order valence-corrected chi connectivity index (χ2v) is 5.12. The molecule has 0 saturated carbocycles. The van der Waals surface area contributed by atoms with Crippen molar-refractivity contribution < 1.29 is 0 Å². The van der Waals surface area contributed by atoms with E-state index in [9.17, 15) is 0 Å². The number of allylic oxidation sites excluding steroid dienone is 2. The largest absolute Gasteiger partial charge is 0.0843 e. The van der Waals surface area contributed by atoms with Crippen molar-refractivity contribution in [3.05, 3.63) is 70.7 Å². The van der Waals surface area contributed by atoms with Crippen LogP contribution < -0.4 is 0 Å². The summed E-state index contributed by atoms with van der Waals surface area (Å²) in [6.07, 6.45) is 3.57. The molecule has 0 bridgehead atoms. The number of rotatable bonds is 2. The highest BCUT2D eigenvalue weighted by atomic mass is 35.5. The number of benzene rings is 2. The Morgan fingerprint density at radius 1 is 0.722 bits per heavy atom. The van der Waals surface area contributed by atoms with Crippen LogP contribution in [0.5, 0.6) is 0 Å². The summed E-state index contributed by atoms with van der Waals surface area (Å²) in [7, 11) is 0. The molecule has 1 aliphatic carbocycles. The van der Waals surface area contributed by atoms with E-state index in [1.165, 1.54) is 35.1 Å². The lowest BCUT2D eigenvalue weighted by atomic mass is 9.97.